The molecule has 1 aromatic carbocycles. The zero-order valence-corrected chi connectivity index (χ0v) is 13.0. The van der Waals surface area contributed by atoms with E-state index in [0.717, 1.165) is 5.56 Å². The van der Waals surface area contributed by atoms with Crippen LogP contribution in [0.1, 0.15) is 23.9 Å². The molecule has 0 saturated carbocycles. The molecule has 2 aromatic rings. The van der Waals surface area contributed by atoms with E-state index < -0.39 is 0 Å². The molecule has 22 heavy (non-hydrogen) atoms. The molecule has 0 saturated heterocycles. The third kappa shape index (κ3) is 4.15. The summed E-state index contributed by atoms with van der Waals surface area (Å²) in [7, 11) is 0. The van der Waals surface area contributed by atoms with E-state index in [1.807, 2.05) is 51.1 Å². The molecule has 1 aromatic heterocycles. The summed E-state index contributed by atoms with van der Waals surface area (Å²) in [6.07, 6.45) is 3.25. The van der Waals surface area contributed by atoms with Crippen molar-refractivity contribution in [2.24, 2.45) is 0 Å². The average molecular weight is 297 g/mol. The highest BCUT2D eigenvalue weighted by Gasteiger charge is 2.10. The van der Waals surface area contributed by atoms with Gasteiger partial charge >= 0.3 is 6.01 Å². The predicted octanol–water partition coefficient (Wildman–Crippen LogP) is 3.14. The van der Waals surface area contributed by atoms with Gasteiger partial charge in [-0.25, -0.2) is 0 Å². The maximum absolute atomic E-state index is 12.0. The van der Waals surface area contributed by atoms with E-state index in [1.165, 1.54) is 6.08 Å². The largest absolute Gasteiger partial charge is 0.464 e. The normalized spacial score (nSPS) is 10.7. The number of nitrogens with zero attached hydrogens (tertiary/aromatic N) is 2. The molecule has 0 radical (unpaired) electrons. The van der Waals surface area contributed by atoms with Gasteiger partial charge in [0.15, 0.2) is 0 Å². The molecule has 5 nitrogen and oxygen atoms in total. The van der Waals surface area contributed by atoms with Crippen molar-refractivity contribution in [1.82, 2.24) is 9.97 Å². The zero-order valence-electron chi connectivity index (χ0n) is 13.0. The summed E-state index contributed by atoms with van der Waals surface area (Å²) in [4.78, 5) is 20.5. The number of anilines is 1. The second kappa shape index (κ2) is 7.36. The zero-order chi connectivity index (χ0) is 15.9. The number of carbonyl (C=O) groups is 1. The first kappa shape index (κ1) is 15.7. The van der Waals surface area contributed by atoms with E-state index in [2.05, 4.69) is 15.3 Å². The number of carbonyl (C=O) groups excluding carboxylic acids is 1. The number of amides is 1. The molecular formula is C17H19N3O2. The van der Waals surface area contributed by atoms with E-state index in [9.17, 15) is 4.79 Å². The second-order valence-corrected chi connectivity index (χ2v) is 4.72. The van der Waals surface area contributed by atoms with Crippen LogP contribution in [0.3, 0.4) is 0 Å². The first-order valence-electron chi connectivity index (χ1n) is 7.12. The Bertz CT molecular complexity index is 659. The summed E-state index contributed by atoms with van der Waals surface area (Å²) < 4.78 is 5.28. The summed E-state index contributed by atoms with van der Waals surface area (Å²) >= 11 is 0. The molecule has 0 fully saturated rings. The summed E-state index contributed by atoms with van der Waals surface area (Å²) in [5, 5.41) is 2.81. The number of hydrogen-bond acceptors (Lipinski definition) is 4. The van der Waals surface area contributed by atoms with Crippen molar-refractivity contribution in [3.05, 3.63) is 53.4 Å². The van der Waals surface area contributed by atoms with Crippen LogP contribution in [-0.4, -0.2) is 22.5 Å². The Labute approximate surface area is 130 Å². The Hall–Kier alpha value is -2.69. The van der Waals surface area contributed by atoms with Crippen LogP contribution in [0.4, 0.5) is 5.69 Å². The quantitative estimate of drug-likeness (QED) is 0.861. The number of rotatable bonds is 5. The van der Waals surface area contributed by atoms with Gasteiger partial charge in [0.2, 0.25) is 5.91 Å². The van der Waals surface area contributed by atoms with Crippen LogP contribution in [0, 0.1) is 13.8 Å². The highest BCUT2D eigenvalue weighted by Crippen LogP contribution is 2.19. The maximum Gasteiger partial charge on any atom is 0.316 e. The molecule has 0 spiro atoms. The third-order valence-electron chi connectivity index (χ3n) is 3.00. The van der Waals surface area contributed by atoms with Crippen LogP contribution in [0.2, 0.25) is 0 Å². The Morgan fingerprint density at radius 3 is 2.41 bits per heavy atom. The smallest absolute Gasteiger partial charge is 0.316 e. The van der Waals surface area contributed by atoms with Gasteiger partial charge in [-0.3, -0.25) is 4.79 Å². The number of ether oxygens (including phenoxy) is 1. The fourth-order valence-electron chi connectivity index (χ4n) is 1.96. The molecule has 0 aliphatic rings. The molecule has 1 N–H and O–H groups in total. The van der Waals surface area contributed by atoms with Gasteiger partial charge in [0, 0.05) is 6.08 Å². The highest BCUT2D eigenvalue weighted by molar-refractivity contribution is 6.02. The van der Waals surface area contributed by atoms with Crippen LogP contribution in [0.15, 0.2) is 36.4 Å². The number of aromatic nitrogens is 2. The minimum Gasteiger partial charge on any atom is -0.464 e. The maximum atomic E-state index is 12.0. The first-order valence-corrected chi connectivity index (χ1v) is 7.12. The molecule has 5 heteroatoms. The number of benzene rings is 1. The topological polar surface area (TPSA) is 64.1 Å². The highest BCUT2D eigenvalue weighted by atomic mass is 16.5. The van der Waals surface area contributed by atoms with Crippen molar-refractivity contribution in [2.45, 2.75) is 20.8 Å². The van der Waals surface area contributed by atoms with Crippen molar-refractivity contribution in [3.8, 4) is 6.01 Å². The minimum absolute atomic E-state index is 0.220. The summed E-state index contributed by atoms with van der Waals surface area (Å²) in [5.74, 6) is -0.220. The van der Waals surface area contributed by atoms with Crippen LogP contribution in [0.5, 0.6) is 6.01 Å². The van der Waals surface area contributed by atoms with Gasteiger partial charge in [0.25, 0.3) is 0 Å². The van der Waals surface area contributed by atoms with Crippen molar-refractivity contribution >= 4 is 17.7 Å². The molecule has 2 rings (SSSR count). The Morgan fingerprint density at radius 2 is 1.82 bits per heavy atom. The van der Waals surface area contributed by atoms with Crippen molar-refractivity contribution in [2.75, 3.05) is 11.9 Å². The van der Waals surface area contributed by atoms with E-state index >= 15 is 0 Å². The van der Waals surface area contributed by atoms with Crippen LogP contribution in [0.25, 0.3) is 6.08 Å². The lowest BCUT2D eigenvalue weighted by Crippen LogP contribution is -2.13. The van der Waals surface area contributed by atoms with Crippen molar-refractivity contribution < 1.29 is 9.53 Å². The summed E-state index contributed by atoms with van der Waals surface area (Å²) in [5.41, 5.74) is 2.94. The second-order valence-electron chi connectivity index (χ2n) is 4.72. The molecule has 0 atom stereocenters. The monoisotopic (exact) mass is 297 g/mol. The molecule has 1 amide bonds. The van der Waals surface area contributed by atoms with Gasteiger partial charge in [-0.05, 0) is 32.4 Å². The van der Waals surface area contributed by atoms with Crippen LogP contribution in [-0.2, 0) is 4.79 Å². The van der Waals surface area contributed by atoms with Gasteiger partial charge in [0.1, 0.15) is 0 Å². The third-order valence-corrected chi connectivity index (χ3v) is 3.00. The lowest BCUT2D eigenvalue weighted by Gasteiger charge is -2.10. The first-order chi connectivity index (χ1) is 10.6. The Kier molecular flexibility index (Phi) is 5.25. The van der Waals surface area contributed by atoms with Crippen molar-refractivity contribution in [1.29, 1.82) is 0 Å². The van der Waals surface area contributed by atoms with E-state index in [0.29, 0.717) is 29.7 Å². The number of hydrogen-bond donors (Lipinski definition) is 1. The SMILES string of the molecule is CCOc1nc(C)c(NC(=O)/C=C/c2ccccc2)c(C)n1. The lowest BCUT2D eigenvalue weighted by molar-refractivity contribution is -0.111. The van der Waals surface area contributed by atoms with Gasteiger partial charge in [-0.1, -0.05) is 30.3 Å². The van der Waals surface area contributed by atoms with Gasteiger partial charge in [0.05, 0.1) is 23.7 Å². The standard InChI is InChI=1S/C17H19N3O2/c1-4-22-17-18-12(2)16(13(3)19-17)20-15(21)11-10-14-8-6-5-7-9-14/h5-11H,4H2,1-3H3,(H,20,21)/b11-10+. The van der Waals surface area contributed by atoms with Crippen LogP contribution >= 0.6 is 0 Å². The molecule has 0 unspecified atom stereocenters. The van der Waals surface area contributed by atoms with Gasteiger partial charge in [-0.15, -0.1) is 0 Å². The minimum atomic E-state index is -0.220. The van der Waals surface area contributed by atoms with E-state index in [1.54, 1.807) is 6.08 Å². The number of nitrogens with one attached hydrogen (secondary N) is 1. The average Bonchev–Trinajstić information content (AvgIpc) is 2.50. The number of aryl methyl sites for hydroxylation is 2. The predicted molar refractivity (Wildman–Crippen MR) is 86.8 cm³/mol. The fourth-order valence-corrected chi connectivity index (χ4v) is 1.96. The summed E-state index contributed by atoms with van der Waals surface area (Å²) in [6.45, 7) is 6.00. The fraction of sp³-hybridized carbons (Fsp3) is 0.235. The molecule has 1 heterocycles. The van der Waals surface area contributed by atoms with Gasteiger partial charge in [-0.2, -0.15) is 9.97 Å². The molecule has 0 aliphatic heterocycles. The van der Waals surface area contributed by atoms with Crippen LogP contribution < -0.4 is 10.1 Å². The lowest BCUT2D eigenvalue weighted by atomic mass is 10.2. The molecular weight excluding hydrogens is 278 g/mol. The van der Waals surface area contributed by atoms with Gasteiger partial charge < -0.3 is 10.1 Å². The van der Waals surface area contributed by atoms with E-state index in [4.69, 9.17) is 4.74 Å². The summed E-state index contributed by atoms with van der Waals surface area (Å²) in [6, 6.07) is 9.97. The molecule has 0 aliphatic carbocycles. The molecule has 0 bridgehead atoms. The van der Waals surface area contributed by atoms with E-state index in [-0.39, 0.29) is 5.91 Å². The Morgan fingerprint density at radius 1 is 1.18 bits per heavy atom. The molecule has 114 valence electrons. The Balaban J connectivity index is 2.10. The van der Waals surface area contributed by atoms with Crippen molar-refractivity contribution in [3.63, 3.8) is 0 Å².